The van der Waals surface area contributed by atoms with Crippen molar-refractivity contribution in [3.63, 3.8) is 0 Å². The van der Waals surface area contributed by atoms with Crippen LogP contribution in [0.15, 0.2) is 12.2 Å². The minimum absolute atomic E-state index is 0.159. The van der Waals surface area contributed by atoms with Crippen molar-refractivity contribution in [2.45, 2.75) is 45.2 Å². The second-order valence-electron chi connectivity index (χ2n) is 5.80. The molecule has 0 aromatic heterocycles. The zero-order valence-electron chi connectivity index (χ0n) is 14.5. The molecule has 1 aliphatic heterocycles. The van der Waals surface area contributed by atoms with Gasteiger partial charge in [0, 0.05) is 31.5 Å². The fraction of sp³-hybridized carbons (Fsp3) is 0.500. The molecule has 0 radical (unpaired) electrons. The lowest BCUT2D eigenvalue weighted by molar-refractivity contribution is -0.139. The third-order valence-electron chi connectivity index (χ3n) is 3.73. The Morgan fingerprint density at radius 2 is 1.65 bits per heavy atom. The zero-order valence-corrected chi connectivity index (χ0v) is 14.5. The molecule has 142 valence electrons. The molecular formula is C16H21N3O7. The van der Waals surface area contributed by atoms with Gasteiger partial charge in [-0.15, -0.1) is 0 Å². The van der Waals surface area contributed by atoms with Crippen LogP contribution < -0.4 is 10.6 Å². The number of aliphatic carboxylic acids is 1. The number of rotatable bonds is 10. The first-order valence-corrected chi connectivity index (χ1v) is 7.97. The summed E-state index contributed by atoms with van der Waals surface area (Å²) in [4.78, 5) is 69.9. The Hall–Kier alpha value is -3.04. The molecule has 0 bridgehead atoms. The summed E-state index contributed by atoms with van der Waals surface area (Å²) in [5.74, 6) is -3.80. The topological polar surface area (TPSA) is 150 Å². The SMILES string of the molecule is CC(=O)[C@H](C)NC(=O)[C@H](CCC(=O)O)NC(=O)CCN1C(=O)C=CC1=O. The maximum Gasteiger partial charge on any atom is 0.303 e. The average Bonchev–Trinajstić information content (AvgIpc) is 2.87. The van der Waals surface area contributed by atoms with Crippen LogP contribution >= 0.6 is 0 Å². The van der Waals surface area contributed by atoms with Gasteiger partial charge in [-0.25, -0.2) is 0 Å². The highest BCUT2D eigenvalue weighted by atomic mass is 16.4. The molecule has 1 aliphatic rings. The fourth-order valence-corrected chi connectivity index (χ4v) is 2.08. The van der Waals surface area contributed by atoms with Crippen LogP contribution in [0.25, 0.3) is 0 Å². The molecule has 0 saturated carbocycles. The van der Waals surface area contributed by atoms with Gasteiger partial charge in [0.25, 0.3) is 11.8 Å². The van der Waals surface area contributed by atoms with E-state index in [4.69, 9.17) is 5.11 Å². The molecule has 0 aromatic carbocycles. The molecule has 10 heteroatoms. The summed E-state index contributed by atoms with van der Waals surface area (Å²) in [7, 11) is 0. The lowest BCUT2D eigenvalue weighted by Gasteiger charge is -2.20. The van der Waals surface area contributed by atoms with Gasteiger partial charge in [-0.1, -0.05) is 0 Å². The van der Waals surface area contributed by atoms with Crippen LogP contribution in [0.1, 0.15) is 33.1 Å². The lowest BCUT2D eigenvalue weighted by Crippen LogP contribution is -2.51. The van der Waals surface area contributed by atoms with Crippen LogP contribution in [0.3, 0.4) is 0 Å². The summed E-state index contributed by atoms with van der Waals surface area (Å²) >= 11 is 0. The van der Waals surface area contributed by atoms with Gasteiger partial charge in [-0.3, -0.25) is 33.7 Å². The Kier molecular flexibility index (Phi) is 7.63. The van der Waals surface area contributed by atoms with Crippen LogP contribution in [0.4, 0.5) is 0 Å². The number of nitrogens with one attached hydrogen (secondary N) is 2. The highest BCUT2D eigenvalue weighted by molar-refractivity contribution is 6.13. The van der Waals surface area contributed by atoms with Crippen molar-refractivity contribution < 1.29 is 33.9 Å². The monoisotopic (exact) mass is 367 g/mol. The van der Waals surface area contributed by atoms with Crippen LogP contribution in [0.2, 0.25) is 0 Å². The van der Waals surface area contributed by atoms with Gasteiger partial charge in [0.05, 0.1) is 6.04 Å². The second-order valence-corrected chi connectivity index (χ2v) is 5.80. The number of imide groups is 1. The summed E-state index contributed by atoms with van der Waals surface area (Å²) in [5, 5.41) is 13.5. The normalized spacial score (nSPS) is 15.5. The fourth-order valence-electron chi connectivity index (χ4n) is 2.08. The molecule has 2 atom stereocenters. The first-order chi connectivity index (χ1) is 12.1. The highest BCUT2D eigenvalue weighted by Gasteiger charge is 2.26. The minimum atomic E-state index is -1.15. The van der Waals surface area contributed by atoms with Crippen molar-refractivity contribution in [2.75, 3.05) is 6.54 Å². The number of ketones is 1. The van der Waals surface area contributed by atoms with Gasteiger partial charge in [-0.2, -0.15) is 0 Å². The molecule has 0 spiro atoms. The van der Waals surface area contributed by atoms with Crippen LogP contribution in [0.5, 0.6) is 0 Å². The second kappa shape index (κ2) is 9.44. The van der Waals surface area contributed by atoms with E-state index >= 15 is 0 Å². The number of carbonyl (C=O) groups is 6. The van der Waals surface area contributed by atoms with E-state index < -0.39 is 41.7 Å². The summed E-state index contributed by atoms with van der Waals surface area (Å²) in [6.45, 7) is 2.59. The Bertz CT molecular complexity index is 638. The summed E-state index contributed by atoms with van der Waals surface area (Å²) < 4.78 is 0. The Morgan fingerprint density at radius 1 is 1.08 bits per heavy atom. The van der Waals surface area contributed by atoms with Gasteiger partial charge in [0.1, 0.15) is 6.04 Å². The number of amides is 4. The molecule has 3 N–H and O–H groups in total. The number of nitrogens with zero attached hydrogens (tertiary/aromatic N) is 1. The number of hydrogen-bond acceptors (Lipinski definition) is 6. The summed E-state index contributed by atoms with van der Waals surface area (Å²) in [6.07, 6.45) is 1.41. The van der Waals surface area contributed by atoms with Crippen LogP contribution in [-0.2, 0) is 28.8 Å². The smallest absolute Gasteiger partial charge is 0.303 e. The zero-order chi connectivity index (χ0) is 19.9. The quantitative estimate of drug-likeness (QED) is 0.408. The van der Waals surface area contributed by atoms with Gasteiger partial charge in [-0.05, 0) is 20.3 Å². The molecular weight excluding hydrogens is 346 g/mol. The van der Waals surface area contributed by atoms with E-state index in [9.17, 15) is 28.8 Å². The van der Waals surface area contributed by atoms with Crippen molar-refractivity contribution in [1.82, 2.24) is 15.5 Å². The molecule has 0 aliphatic carbocycles. The number of carbonyl (C=O) groups excluding carboxylic acids is 5. The maximum atomic E-state index is 12.2. The summed E-state index contributed by atoms with van der Waals surface area (Å²) in [6, 6.07) is -1.93. The first-order valence-electron chi connectivity index (χ1n) is 7.97. The highest BCUT2D eigenvalue weighted by Crippen LogP contribution is 2.05. The third kappa shape index (κ3) is 6.46. The number of carboxylic acids is 1. The van der Waals surface area contributed by atoms with Crippen molar-refractivity contribution in [2.24, 2.45) is 0 Å². The van der Waals surface area contributed by atoms with E-state index in [2.05, 4.69) is 10.6 Å². The predicted octanol–water partition coefficient (Wildman–Crippen LogP) is -1.26. The van der Waals surface area contributed by atoms with Crippen molar-refractivity contribution in [3.8, 4) is 0 Å². The van der Waals surface area contributed by atoms with Gasteiger partial charge in [0.15, 0.2) is 5.78 Å². The van der Waals surface area contributed by atoms with E-state index in [0.29, 0.717) is 0 Å². The molecule has 4 amide bonds. The van der Waals surface area contributed by atoms with E-state index in [1.165, 1.54) is 13.8 Å². The molecule has 26 heavy (non-hydrogen) atoms. The Balaban J connectivity index is 2.62. The lowest BCUT2D eigenvalue weighted by atomic mass is 10.1. The molecule has 1 rings (SSSR count). The van der Waals surface area contributed by atoms with Gasteiger partial charge >= 0.3 is 5.97 Å². The largest absolute Gasteiger partial charge is 0.481 e. The van der Waals surface area contributed by atoms with E-state index in [1.54, 1.807) is 0 Å². The van der Waals surface area contributed by atoms with Gasteiger partial charge in [0.2, 0.25) is 11.8 Å². The molecule has 1 heterocycles. The van der Waals surface area contributed by atoms with Crippen LogP contribution in [-0.4, -0.2) is 64.0 Å². The number of carboxylic acid groups (broad SMARTS) is 1. The van der Waals surface area contributed by atoms with Crippen LogP contribution in [0, 0.1) is 0 Å². The Morgan fingerprint density at radius 3 is 2.15 bits per heavy atom. The van der Waals surface area contributed by atoms with E-state index in [1.807, 2.05) is 0 Å². The number of Topliss-reactive ketones (excluding diaryl/α,β-unsaturated/α-hetero) is 1. The summed E-state index contributed by atoms with van der Waals surface area (Å²) in [5.41, 5.74) is 0. The molecule has 10 nitrogen and oxygen atoms in total. The van der Waals surface area contributed by atoms with E-state index in [-0.39, 0.29) is 31.6 Å². The van der Waals surface area contributed by atoms with Gasteiger partial charge < -0.3 is 15.7 Å². The first kappa shape index (κ1) is 21.0. The standard InChI is InChI=1S/C16H21N3O7/c1-9(10(2)20)17-16(26)11(3-6-15(24)25)18-12(21)7-8-19-13(22)4-5-14(19)23/h4-5,9,11H,3,6-8H2,1-2H3,(H,17,26)(H,18,21)(H,24,25)/t9-,11-/m0/s1. The van der Waals surface area contributed by atoms with Crippen molar-refractivity contribution in [3.05, 3.63) is 12.2 Å². The number of hydrogen-bond donors (Lipinski definition) is 3. The van der Waals surface area contributed by atoms with Crippen molar-refractivity contribution in [1.29, 1.82) is 0 Å². The average molecular weight is 367 g/mol. The predicted molar refractivity (Wildman–Crippen MR) is 87.6 cm³/mol. The van der Waals surface area contributed by atoms with E-state index in [0.717, 1.165) is 17.1 Å². The van der Waals surface area contributed by atoms with Crippen molar-refractivity contribution >= 4 is 35.4 Å². The molecule has 0 aromatic rings. The molecule has 0 fully saturated rings. The molecule has 0 saturated heterocycles. The minimum Gasteiger partial charge on any atom is -0.481 e. The molecule has 0 unspecified atom stereocenters. The maximum absolute atomic E-state index is 12.2. The Labute approximate surface area is 149 Å². The third-order valence-corrected chi connectivity index (χ3v) is 3.73.